The minimum absolute atomic E-state index is 0.323. The van der Waals surface area contributed by atoms with Crippen LogP contribution in [0.5, 0.6) is 5.75 Å². The average Bonchev–Trinajstić information content (AvgIpc) is 2.61. The van der Waals surface area contributed by atoms with Gasteiger partial charge in [-0.05, 0) is 55.5 Å². The molecule has 7 heteroatoms. The third-order valence-corrected chi connectivity index (χ3v) is 3.38. The van der Waals surface area contributed by atoms with E-state index in [9.17, 15) is 9.59 Å². The lowest BCUT2D eigenvalue weighted by Gasteiger charge is -2.14. The number of nitrogens with zero attached hydrogens (tertiary/aromatic N) is 1. The second-order valence-corrected chi connectivity index (χ2v) is 5.49. The molecule has 1 atom stereocenters. The van der Waals surface area contributed by atoms with Crippen molar-refractivity contribution in [1.82, 2.24) is 0 Å². The summed E-state index contributed by atoms with van der Waals surface area (Å²) in [5, 5.41) is 11.9. The van der Waals surface area contributed by atoms with E-state index in [1.807, 2.05) is 6.07 Å². The summed E-state index contributed by atoms with van der Waals surface area (Å²) in [6.07, 6.45) is -0.989. The summed E-state index contributed by atoms with van der Waals surface area (Å²) >= 11 is 5.75. The van der Waals surface area contributed by atoms with Gasteiger partial charge in [0.05, 0.1) is 11.6 Å². The molecule has 2 rings (SSSR count). The van der Waals surface area contributed by atoms with Gasteiger partial charge in [-0.3, -0.25) is 4.79 Å². The minimum atomic E-state index is -0.989. The molecule has 0 saturated carbocycles. The molecule has 2 aromatic rings. The maximum absolute atomic E-state index is 12.0. The standard InChI is InChI=1S/C18H15ClN2O4/c1-12(18(23)21-15-6-2-13(10-20)3-7-15)25-17(22)11-24-16-8-4-14(19)5-9-16/h2-9,12H,11H2,1H3,(H,21,23)/t12-/m0/s1. The van der Waals surface area contributed by atoms with Crippen LogP contribution < -0.4 is 10.1 Å². The Morgan fingerprint density at radius 2 is 1.80 bits per heavy atom. The molecule has 1 amide bonds. The van der Waals surface area contributed by atoms with Gasteiger partial charge >= 0.3 is 5.97 Å². The molecule has 0 aliphatic carbocycles. The molecule has 0 fully saturated rings. The van der Waals surface area contributed by atoms with E-state index in [4.69, 9.17) is 26.3 Å². The van der Waals surface area contributed by atoms with Gasteiger partial charge in [-0.25, -0.2) is 4.79 Å². The lowest BCUT2D eigenvalue weighted by molar-refractivity contribution is -0.155. The van der Waals surface area contributed by atoms with E-state index in [1.54, 1.807) is 48.5 Å². The number of benzene rings is 2. The predicted molar refractivity (Wildman–Crippen MR) is 92.3 cm³/mol. The zero-order valence-electron chi connectivity index (χ0n) is 13.4. The molecular formula is C18H15ClN2O4. The van der Waals surface area contributed by atoms with E-state index in [0.717, 1.165) is 0 Å². The summed E-state index contributed by atoms with van der Waals surface area (Å²) in [7, 11) is 0. The quantitative estimate of drug-likeness (QED) is 0.801. The largest absolute Gasteiger partial charge is 0.482 e. The van der Waals surface area contributed by atoms with Crippen molar-refractivity contribution >= 4 is 29.2 Å². The van der Waals surface area contributed by atoms with Crippen molar-refractivity contribution < 1.29 is 19.1 Å². The summed E-state index contributed by atoms with van der Waals surface area (Å²) in [5.41, 5.74) is 0.987. The van der Waals surface area contributed by atoms with Crippen molar-refractivity contribution in [1.29, 1.82) is 5.26 Å². The number of hydrogen-bond donors (Lipinski definition) is 1. The zero-order valence-corrected chi connectivity index (χ0v) is 14.1. The molecule has 0 unspecified atom stereocenters. The Morgan fingerprint density at radius 3 is 2.40 bits per heavy atom. The molecule has 2 aromatic carbocycles. The highest BCUT2D eigenvalue weighted by Gasteiger charge is 2.18. The summed E-state index contributed by atoms with van der Waals surface area (Å²) in [6.45, 7) is 1.13. The van der Waals surface area contributed by atoms with E-state index in [2.05, 4.69) is 5.32 Å². The fraction of sp³-hybridized carbons (Fsp3) is 0.167. The van der Waals surface area contributed by atoms with Crippen molar-refractivity contribution in [3.8, 4) is 11.8 Å². The number of esters is 1. The van der Waals surface area contributed by atoms with Crippen LogP contribution >= 0.6 is 11.6 Å². The maximum Gasteiger partial charge on any atom is 0.344 e. The summed E-state index contributed by atoms with van der Waals surface area (Å²) in [5.74, 6) is -0.682. The number of rotatable bonds is 6. The first-order valence-corrected chi connectivity index (χ1v) is 7.74. The highest BCUT2D eigenvalue weighted by molar-refractivity contribution is 6.30. The molecule has 1 N–H and O–H groups in total. The molecule has 0 aliphatic rings. The van der Waals surface area contributed by atoms with E-state index < -0.39 is 18.0 Å². The van der Waals surface area contributed by atoms with Crippen LogP contribution in [0.25, 0.3) is 0 Å². The Morgan fingerprint density at radius 1 is 1.16 bits per heavy atom. The van der Waals surface area contributed by atoms with Gasteiger partial charge in [-0.15, -0.1) is 0 Å². The van der Waals surface area contributed by atoms with Crippen LogP contribution in [-0.2, 0) is 14.3 Å². The lowest BCUT2D eigenvalue weighted by Crippen LogP contribution is -2.31. The summed E-state index contributed by atoms with van der Waals surface area (Å²) in [4.78, 5) is 23.8. The Kier molecular flexibility index (Phi) is 6.38. The van der Waals surface area contributed by atoms with Crippen LogP contribution in [0, 0.1) is 11.3 Å². The van der Waals surface area contributed by atoms with Crippen LogP contribution in [0.2, 0.25) is 5.02 Å². The van der Waals surface area contributed by atoms with Gasteiger partial charge in [0, 0.05) is 10.7 Å². The van der Waals surface area contributed by atoms with Crippen molar-refractivity contribution in [2.75, 3.05) is 11.9 Å². The Labute approximate surface area is 149 Å². The molecule has 0 radical (unpaired) electrons. The van der Waals surface area contributed by atoms with Gasteiger partial charge in [-0.1, -0.05) is 11.6 Å². The van der Waals surface area contributed by atoms with Crippen LogP contribution in [-0.4, -0.2) is 24.6 Å². The number of anilines is 1. The van der Waals surface area contributed by atoms with Crippen LogP contribution in [0.3, 0.4) is 0 Å². The first-order valence-electron chi connectivity index (χ1n) is 7.37. The number of hydrogen-bond acceptors (Lipinski definition) is 5. The summed E-state index contributed by atoms with van der Waals surface area (Å²) in [6, 6.07) is 14.8. The number of nitriles is 1. The highest BCUT2D eigenvalue weighted by Crippen LogP contribution is 2.15. The molecule has 0 heterocycles. The SMILES string of the molecule is C[C@H](OC(=O)COc1ccc(Cl)cc1)C(=O)Nc1ccc(C#N)cc1. The minimum Gasteiger partial charge on any atom is -0.482 e. The van der Waals surface area contributed by atoms with Crippen LogP contribution in [0.4, 0.5) is 5.69 Å². The number of ether oxygens (including phenoxy) is 2. The average molecular weight is 359 g/mol. The van der Waals surface area contributed by atoms with E-state index in [1.165, 1.54) is 6.92 Å². The number of nitrogens with one attached hydrogen (secondary N) is 1. The number of halogens is 1. The van der Waals surface area contributed by atoms with Crippen LogP contribution in [0.1, 0.15) is 12.5 Å². The van der Waals surface area contributed by atoms with Crippen molar-refractivity contribution in [2.24, 2.45) is 0 Å². The van der Waals surface area contributed by atoms with Gasteiger partial charge in [0.2, 0.25) is 0 Å². The highest BCUT2D eigenvalue weighted by atomic mass is 35.5. The van der Waals surface area contributed by atoms with Gasteiger partial charge in [-0.2, -0.15) is 5.26 Å². The van der Waals surface area contributed by atoms with Crippen molar-refractivity contribution in [3.63, 3.8) is 0 Å². The zero-order chi connectivity index (χ0) is 18.2. The number of carbonyl (C=O) groups excluding carboxylic acids is 2. The van der Waals surface area contributed by atoms with Crippen molar-refractivity contribution in [2.45, 2.75) is 13.0 Å². The molecule has 0 bridgehead atoms. The van der Waals surface area contributed by atoms with Gasteiger partial charge in [0.25, 0.3) is 5.91 Å². The molecular weight excluding hydrogens is 344 g/mol. The molecule has 0 aliphatic heterocycles. The predicted octanol–water partition coefficient (Wildman–Crippen LogP) is 3.16. The van der Waals surface area contributed by atoms with Gasteiger partial charge in [0.1, 0.15) is 5.75 Å². The number of amides is 1. The molecule has 25 heavy (non-hydrogen) atoms. The first kappa shape index (κ1) is 18.3. The fourth-order valence-electron chi connectivity index (χ4n) is 1.83. The Bertz CT molecular complexity index is 782. The molecule has 0 saturated heterocycles. The third kappa shape index (κ3) is 5.83. The van der Waals surface area contributed by atoms with E-state index in [0.29, 0.717) is 22.0 Å². The summed E-state index contributed by atoms with van der Waals surface area (Å²) < 4.78 is 10.3. The molecule has 128 valence electrons. The second kappa shape index (κ2) is 8.71. The van der Waals surface area contributed by atoms with Crippen molar-refractivity contribution in [3.05, 3.63) is 59.1 Å². The smallest absolute Gasteiger partial charge is 0.344 e. The maximum atomic E-state index is 12.0. The molecule has 0 spiro atoms. The Hall–Kier alpha value is -3.04. The fourth-order valence-corrected chi connectivity index (χ4v) is 1.96. The van der Waals surface area contributed by atoms with Crippen LogP contribution in [0.15, 0.2) is 48.5 Å². The first-order chi connectivity index (χ1) is 12.0. The molecule has 0 aromatic heterocycles. The lowest BCUT2D eigenvalue weighted by atomic mass is 10.2. The Balaban J connectivity index is 1.80. The van der Waals surface area contributed by atoms with E-state index in [-0.39, 0.29) is 6.61 Å². The van der Waals surface area contributed by atoms with Gasteiger partial charge in [0.15, 0.2) is 12.7 Å². The van der Waals surface area contributed by atoms with E-state index >= 15 is 0 Å². The second-order valence-electron chi connectivity index (χ2n) is 5.05. The monoisotopic (exact) mass is 358 g/mol. The van der Waals surface area contributed by atoms with Gasteiger partial charge < -0.3 is 14.8 Å². The number of carbonyl (C=O) groups is 2. The molecule has 6 nitrogen and oxygen atoms in total. The topological polar surface area (TPSA) is 88.4 Å². The third-order valence-electron chi connectivity index (χ3n) is 3.13. The normalized spacial score (nSPS) is 11.1.